The van der Waals surface area contributed by atoms with Gasteiger partial charge in [0.15, 0.2) is 5.16 Å². The average molecular weight is 310 g/mol. The Balaban J connectivity index is 2.47. The first-order valence-corrected chi connectivity index (χ1v) is 8.73. The van der Waals surface area contributed by atoms with Crippen molar-refractivity contribution in [2.45, 2.75) is 18.2 Å². The summed E-state index contributed by atoms with van der Waals surface area (Å²) in [6.07, 6.45) is -0.137. The summed E-state index contributed by atoms with van der Waals surface area (Å²) in [6.45, 7) is 1.32. The van der Waals surface area contributed by atoms with Crippen LogP contribution in [0.3, 0.4) is 0 Å². The van der Waals surface area contributed by atoms with Crippen molar-refractivity contribution in [2.24, 2.45) is 0 Å². The topological polar surface area (TPSA) is 74.6 Å². The highest BCUT2D eigenvalue weighted by Gasteiger charge is 2.51. The molecule has 0 aliphatic heterocycles. The summed E-state index contributed by atoms with van der Waals surface area (Å²) in [6, 6.07) is 11.7. The Morgan fingerprint density at radius 1 is 1.25 bits per heavy atom. The van der Waals surface area contributed by atoms with E-state index >= 15 is 0 Å². The molecule has 0 fully saturated rings. The fourth-order valence-corrected chi connectivity index (χ4v) is 5.02. The summed E-state index contributed by atoms with van der Waals surface area (Å²) in [5, 5.41) is 9.52. The number of thiophene rings is 1. The summed E-state index contributed by atoms with van der Waals surface area (Å²) in [5.41, 5.74) is 0.342. The number of aliphatic carboxylic acids is 1. The van der Waals surface area contributed by atoms with Crippen molar-refractivity contribution in [1.29, 1.82) is 0 Å². The second kappa shape index (κ2) is 5.52. The molecule has 2 atom stereocenters. The highest BCUT2D eigenvalue weighted by Crippen LogP contribution is 2.62. The van der Waals surface area contributed by atoms with E-state index < -0.39 is 18.5 Å². The van der Waals surface area contributed by atoms with Crippen LogP contribution in [0.1, 0.15) is 17.4 Å². The Bertz CT molecular complexity index is 638. The van der Waals surface area contributed by atoms with Crippen LogP contribution in [0.5, 0.6) is 0 Å². The largest absolute Gasteiger partial charge is 0.480 e. The van der Waals surface area contributed by atoms with Crippen molar-refractivity contribution >= 4 is 24.7 Å². The zero-order chi connectivity index (χ0) is 14.8. The zero-order valence-corrected chi connectivity index (χ0v) is 12.6. The third-order valence-electron chi connectivity index (χ3n) is 3.40. The van der Waals surface area contributed by atoms with E-state index in [2.05, 4.69) is 0 Å². The second-order valence-corrected chi connectivity index (χ2v) is 8.33. The lowest BCUT2D eigenvalue weighted by atomic mass is 10.0. The standard InChI is InChI=1S/C14H15O4PS/c1-14(13(15)16,11-6-3-2-4-7-11)19(17,18)10-12-8-5-9-20-12/h2-9H,10H2,1H3,(H,15,16)(H,17,18). The lowest BCUT2D eigenvalue weighted by Crippen LogP contribution is -2.32. The molecule has 6 heteroatoms. The number of hydrogen-bond acceptors (Lipinski definition) is 3. The lowest BCUT2D eigenvalue weighted by molar-refractivity contribution is -0.140. The van der Waals surface area contributed by atoms with Gasteiger partial charge in [0.25, 0.3) is 0 Å². The molecule has 0 saturated carbocycles. The first kappa shape index (κ1) is 15.0. The Labute approximate surface area is 121 Å². The smallest absolute Gasteiger partial charge is 0.323 e. The molecule has 106 valence electrons. The monoisotopic (exact) mass is 310 g/mol. The van der Waals surface area contributed by atoms with Gasteiger partial charge >= 0.3 is 5.97 Å². The predicted octanol–water partition coefficient (Wildman–Crippen LogP) is 3.52. The Hall–Kier alpha value is -1.42. The van der Waals surface area contributed by atoms with E-state index in [4.69, 9.17) is 0 Å². The lowest BCUT2D eigenvalue weighted by Gasteiger charge is -2.30. The van der Waals surface area contributed by atoms with Gasteiger partial charge < -0.3 is 10.00 Å². The molecule has 2 rings (SSSR count). The Kier molecular flexibility index (Phi) is 4.14. The number of carbonyl (C=O) groups is 1. The first-order valence-electron chi connectivity index (χ1n) is 6.01. The van der Waals surface area contributed by atoms with Crippen LogP contribution in [0, 0.1) is 0 Å². The molecule has 2 unspecified atom stereocenters. The summed E-state index contributed by atoms with van der Waals surface area (Å²) in [4.78, 5) is 22.8. The molecule has 1 aromatic carbocycles. The van der Waals surface area contributed by atoms with Gasteiger partial charge in [-0.1, -0.05) is 36.4 Å². The van der Waals surface area contributed by atoms with Crippen molar-refractivity contribution in [3.05, 3.63) is 58.3 Å². The molecular weight excluding hydrogens is 295 g/mol. The van der Waals surface area contributed by atoms with E-state index in [0.717, 1.165) is 0 Å². The molecule has 20 heavy (non-hydrogen) atoms. The summed E-state index contributed by atoms with van der Waals surface area (Å²) < 4.78 is 12.7. The van der Waals surface area contributed by atoms with Gasteiger partial charge in [-0.05, 0) is 23.9 Å². The molecule has 4 nitrogen and oxygen atoms in total. The maximum Gasteiger partial charge on any atom is 0.323 e. The quantitative estimate of drug-likeness (QED) is 0.829. The third kappa shape index (κ3) is 2.57. The van der Waals surface area contributed by atoms with Crippen LogP contribution in [0.2, 0.25) is 0 Å². The van der Waals surface area contributed by atoms with Crippen LogP contribution in [0.25, 0.3) is 0 Å². The van der Waals surface area contributed by atoms with Gasteiger partial charge in [0.1, 0.15) is 0 Å². The van der Waals surface area contributed by atoms with Crippen LogP contribution in [0.15, 0.2) is 47.8 Å². The van der Waals surface area contributed by atoms with Crippen molar-refractivity contribution in [3.8, 4) is 0 Å². The van der Waals surface area contributed by atoms with Crippen molar-refractivity contribution in [2.75, 3.05) is 0 Å². The molecule has 0 aliphatic carbocycles. The van der Waals surface area contributed by atoms with Crippen molar-refractivity contribution in [1.82, 2.24) is 0 Å². The predicted molar refractivity (Wildman–Crippen MR) is 79.3 cm³/mol. The number of hydrogen-bond donors (Lipinski definition) is 2. The van der Waals surface area contributed by atoms with Gasteiger partial charge in [-0.25, -0.2) is 0 Å². The van der Waals surface area contributed by atoms with Crippen LogP contribution in [0.4, 0.5) is 0 Å². The zero-order valence-electron chi connectivity index (χ0n) is 10.9. The number of carboxylic acid groups (broad SMARTS) is 1. The maximum atomic E-state index is 12.7. The first-order chi connectivity index (χ1) is 9.38. The molecular formula is C14H15O4PS. The minimum absolute atomic E-state index is 0.137. The van der Waals surface area contributed by atoms with E-state index in [9.17, 15) is 19.4 Å². The fourth-order valence-electron chi connectivity index (χ4n) is 2.01. The van der Waals surface area contributed by atoms with Gasteiger partial charge in [0.05, 0.1) is 6.16 Å². The molecule has 0 saturated heterocycles. The molecule has 0 bridgehead atoms. The van der Waals surface area contributed by atoms with Crippen LogP contribution in [-0.2, 0) is 20.7 Å². The summed E-state index contributed by atoms with van der Waals surface area (Å²) >= 11 is 1.35. The van der Waals surface area contributed by atoms with Gasteiger partial charge in [0, 0.05) is 4.88 Å². The molecule has 0 aliphatic rings. The second-order valence-electron chi connectivity index (χ2n) is 4.68. The Morgan fingerprint density at radius 3 is 2.40 bits per heavy atom. The SMILES string of the molecule is CC(C(=O)O)(c1ccccc1)P(=O)(O)Cc1cccs1. The maximum absolute atomic E-state index is 12.7. The normalized spacial score (nSPS) is 17.1. The molecule has 1 aromatic heterocycles. The number of rotatable bonds is 5. The van der Waals surface area contributed by atoms with E-state index in [1.54, 1.807) is 47.8 Å². The van der Waals surface area contributed by atoms with E-state index in [1.165, 1.54) is 18.3 Å². The molecule has 2 N–H and O–H groups in total. The fraction of sp³-hybridized carbons (Fsp3) is 0.214. The van der Waals surface area contributed by atoms with E-state index in [-0.39, 0.29) is 6.16 Å². The average Bonchev–Trinajstić information content (AvgIpc) is 2.90. The number of carboxylic acids is 1. The Morgan fingerprint density at radius 2 is 1.90 bits per heavy atom. The number of benzene rings is 1. The third-order valence-corrected chi connectivity index (χ3v) is 7.11. The minimum Gasteiger partial charge on any atom is -0.480 e. The van der Waals surface area contributed by atoms with E-state index in [0.29, 0.717) is 10.4 Å². The highest BCUT2D eigenvalue weighted by molar-refractivity contribution is 7.59. The van der Waals surface area contributed by atoms with Gasteiger partial charge in [-0.15, -0.1) is 11.3 Å². The summed E-state index contributed by atoms with van der Waals surface area (Å²) in [7, 11) is -3.97. The summed E-state index contributed by atoms with van der Waals surface area (Å²) in [5.74, 6) is -1.29. The van der Waals surface area contributed by atoms with Crippen molar-refractivity contribution < 1.29 is 19.4 Å². The van der Waals surface area contributed by atoms with Gasteiger partial charge in [-0.2, -0.15) is 0 Å². The molecule has 0 spiro atoms. The molecule has 0 amide bonds. The minimum atomic E-state index is -3.97. The van der Waals surface area contributed by atoms with Gasteiger partial charge in [-0.3, -0.25) is 9.36 Å². The molecule has 1 heterocycles. The molecule has 0 radical (unpaired) electrons. The molecule has 2 aromatic rings. The van der Waals surface area contributed by atoms with Crippen LogP contribution >= 0.6 is 18.7 Å². The van der Waals surface area contributed by atoms with Crippen LogP contribution in [-0.4, -0.2) is 16.0 Å². The van der Waals surface area contributed by atoms with Gasteiger partial charge in [0.2, 0.25) is 7.37 Å². The van der Waals surface area contributed by atoms with Crippen molar-refractivity contribution in [3.63, 3.8) is 0 Å². The van der Waals surface area contributed by atoms with E-state index in [1.807, 2.05) is 0 Å². The van der Waals surface area contributed by atoms with Crippen LogP contribution < -0.4 is 0 Å². The highest BCUT2D eigenvalue weighted by atomic mass is 32.1.